The minimum atomic E-state index is -0.640. The van der Waals surface area contributed by atoms with Gasteiger partial charge in [-0.15, -0.1) is 0 Å². The van der Waals surface area contributed by atoms with Crippen LogP contribution >= 0.6 is 0 Å². The van der Waals surface area contributed by atoms with E-state index >= 15 is 0 Å². The number of hydrogen-bond acceptors (Lipinski definition) is 4. The van der Waals surface area contributed by atoms with Crippen molar-refractivity contribution in [3.63, 3.8) is 0 Å². The molecule has 2 heterocycles. The topological polar surface area (TPSA) is 72.9 Å². The number of rotatable bonds is 2. The third-order valence-electron chi connectivity index (χ3n) is 5.27. The molecule has 0 aromatic heterocycles. The van der Waals surface area contributed by atoms with Gasteiger partial charge in [0.25, 0.3) is 5.91 Å². The Bertz CT molecular complexity index is 424. The molecule has 1 saturated carbocycles. The van der Waals surface area contributed by atoms with Crippen molar-refractivity contribution in [1.29, 1.82) is 0 Å². The van der Waals surface area contributed by atoms with Crippen molar-refractivity contribution in [2.24, 2.45) is 5.92 Å². The van der Waals surface area contributed by atoms with Crippen LogP contribution in [-0.2, 0) is 4.79 Å². The lowest BCUT2D eigenvalue weighted by Crippen LogP contribution is -2.50. The van der Waals surface area contributed by atoms with Gasteiger partial charge < -0.3 is 10.4 Å². The monoisotopic (exact) mass is 295 g/mol. The molecule has 0 unspecified atom stereocenters. The van der Waals surface area contributed by atoms with E-state index in [0.29, 0.717) is 25.4 Å². The molecule has 6 nitrogen and oxygen atoms in total. The van der Waals surface area contributed by atoms with Gasteiger partial charge in [-0.3, -0.25) is 9.69 Å². The third kappa shape index (κ3) is 2.79. The molecule has 0 bridgehead atoms. The van der Waals surface area contributed by atoms with Crippen LogP contribution in [0.2, 0.25) is 0 Å². The largest absolute Gasteiger partial charge is 0.393 e. The van der Waals surface area contributed by atoms with Crippen LogP contribution in [0.25, 0.3) is 0 Å². The Hall–Kier alpha value is -1.14. The zero-order chi connectivity index (χ0) is 15.0. The molecule has 6 heteroatoms. The average molecular weight is 295 g/mol. The molecule has 0 aromatic rings. The number of nitrogens with zero attached hydrogens (tertiary/aromatic N) is 2. The molecular formula is C15H25N3O3. The Morgan fingerprint density at radius 2 is 1.81 bits per heavy atom. The van der Waals surface area contributed by atoms with Crippen molar-refractivity contribution < 1.29 is 14.7 Å². The summed E-state index contributed by atoms with van der Waals surface area (Å²) in [5.74, 6) is 0.587. The van der Waals surface area contributed by atoms with E-state index in [9.17, 15) is 14.7 Å². The van der Waals surface area contributed by atoms with E-state index in [1.165, 1.54) is 4.90 Å². The van der Waals surface area contributed by atoms with E-state index in [4.69, 9.17) is 0 Å². The normalized spacial score (nSPS) is 35.5. The quantitative estimate of drug-likeness (QED) is 0.743. The molecule has 1 spiro atoms. The van der Waals surface area contributed by atoms with Crippen LogP contribution < -0.4 is 5.32 Å². The highest BCUT2D eigenvalue weighted by Crippen LogP contribution is 2.36. The molecule has 1 aliphatic carbocycles. The van der Waals surface area contributed by atoms with Crippen molar-refractivity contribution in [2.45, 2.75) is 57.1 Å². The predicted molar refractivity (Wildman–Crippen MR) is 77.4 cm³/mol. The van der Waals surface area contributed by atoms with Crippen molar-refractivity contribution in [1.82, 2.24) is 15.1 Å². The van der Waals surface area contributed by atoms with Gasteiger partial charge >= 0.3 is 6.03 Å². The molecule has 3 aliphatic rings. The van der Waals surface area contributed by atoms with Gasteiger partial charge in [0.2, 0.25) is 0 Å². The van der Waals surface area contributed by atoms with Gasteiger partial charge in [-0.2, -0.15) is 0 Å². The maximum absolute atomic E-state index is 12.7. The highest BCUT2D eigenvalue weighted by Gasteiger charge is 2.52. The maximum atomic E-state index is 12.7. The molecule has 0 atom stereocenters. The number of piperidine rings is 1. The molecule has 0 aromatic carbocycles. The van der Waals surface area contributed by atoms with Gasteiger partial charge in [0.05, 0.1) is 12.8 Å². The zero-order valence-electron chi connectivity index (χ0n) is 12.7. The summed E-state index contributed by atoms with van der Waals surface area (Å²) in [6, 6.07) is -0.249. The van der Waals surface area contributed by atoms with Gasteiger partial charge in [-0.1, -0.05) is 6.92 Å². The molecule has 3 fully saturated rings. The van der Waals surface area contributed by atoms with Crippen LogP contribution in [0.1, 0.15) is 45.4 Å². The highest BCUT2D eigenvalue weighted by molar-refractivity contribution is 6.07. The fraction of sp³-hybridized carbons (Fsp3) is 0.867. The first-order valence-corrected chi connectivity index (χ1v) is 8.05. The van der Waals surface area contributed by atoms with E-state index in [0.717, 1.165) is 38.8 Å². The number of likely N-dealkylation sites (tertiary alicyclic amines) is 1. The number of aliphatic hydroxyl groups excluding tert-OH is 1. The van der Waals surface area contributed by atoms with Gasteiger partial charge in [0.1, 0.15) is 5.54 Å². The molecule has 0 radical (unpaired) electrons. The SMILES string of the molecule is CC1CCC2(CC1)NC(=O)N(CN1CCC(O)CC1)C2=O. The second-order valence-corrected chi connectivity index (χ2v) is 6.92. The minimum Gasteiger partial charge on any atom is -0.393 e. The van der Waals surface area contributed by atoms with Gasteiger partial charge in [-0.25, -0.2) is 9.69 Å². The number of imide groups is 1. The lowest BCUT2D eigenvalue weighted by atomic mass is 9.77. The first-order chi connectivity index (χ1) is 10.00. The van der Waals surface area contributed by atoms with Crippen LogP contribution in [0.3, 0.4) is 0 Å². The number of urea groups is 1. The number of carbonyl (C=O) groups is 2. The highest BCUT2D eigenvalue weighted by atomic mass is 16.3. The Morgan fingerprint density at radius 3 is 2.43 bits per heavy atom. The lowest BCUT2D eigenvalue weighted by Gasteiger charge is -2.34. The van der Waals surface area contributed by atoms with E-state index in [1.54, 1.807) is 0 Å². The summed E-state index contributed by atoms with van der Waals surface area (Å²) in [7, 11) is 0. The number of carbonyl (C=O) groups excluding carboxylic acids is 2. The van der Waals surface area contributed by atoms with Crippen LogP contribution in [0.5, 0.6) is 0 Å². The molecule has 2 N–H and O–H groups in total. The van der Waals surface area contributed by atoms with Crippen molar-refractivity contribution in [3.8, 4) is 0 Å². The van der Waals surface area contributed by atoms with Gasteiger partial charge in [-0.05, 0) is 44.4 Å². The first-order valence-electron chi connectivity index (χ1n) is 8.05. The Labute approximate surface area is 125 Å². The number of hydrogen-bond donors (Lipinski definition) is 2. The summed E-state index contributed by atoms with van der Waals surface area (Å²) in [6.07, 6.45) is 4.70. The molecule has 3 amide bonds. The summed E-state index contributed by atoms with van der Waals surface area (Å²) < 4.78 is 0. The maximum Gasteiger partial charge on any atom is 0.326 e. The van der Waals surface area contributed by atoms with Crippen LogP contribution in [-0.4, -0.2) is 58.2 Å². The molecule has 2 aliphatic heterocycles. The summed E-state index contributed by atoms with van der Waals surface area (Å²) in [5.41, 5.74) is -0.640. The van der Waals surface area contributed by atoms with Crippen molar-refractivity contribution in [2.75, 3.05) is 19.8 Å². The number of amides is 3. The smallest absolute Gasteiger partial charge is 0.326 e. The van der Waals surface area contributed by atoms with Crippen LogP contribution in [0.4, 0.5) is 4.79 Å². The number of aliphatic hydroxyl groups is 1. The van der Waals surface area contributed by atoms with E-state index in [-0.39, 0.29) is 18.0 Å². The molecule has 118 valence electrons. The second kappa shape index (κ2) is 5.57. The summed E-state index contributed by atoms with van der Waals surface area (Å²) in [4.78, 5) is 28.3. The standard InChI is InChI=1S/C15H25N3O3/c1-11-2-6-15(7-3-11)13(20)18(14(21)16-15)10-17-8-4-12(19)5-9-17/h11-12,19H,2-10H2,1H3,(H,16,21). The van der Waals surface area contributed by atoms with Gasteiger partial charge in [0.15, 0.2) is 0 Å². The molecule has 2 saturated heterocycles. The summed E-state index contributed by atoms with van der Waals surface area (Å²) in [5, 5.41) is 12.5. The number of nitrogens with one attached hydrogen (secondary N) is 1. The summed E-state index contributed by atoms with van der Waals surface area (Å²) >= 11 is 0. The third-order valence-corrected chi connectivity index (χ3v) is 5.27. The first kappa shape index (κ1) is 14.8. The Morgan fingerprint density at radius 1 is 1.19 bits per heavy atom. The van der Waals surface area contributed by atoms with Crippen LogP contribution in [0, 0.1) is 5.92 Å². The van der Waals surface area contributed by atoms with Crippen molar-refractivity contribution >= 4 is 11.9 Å². The lowest BCUT2D eigenvalue weighted by molar-refractivity contribution is -0.134. The average Bonchev–Trinajstić information content (AvgIpc) is 2.69. The minimum absolute atomic E-state index is 0.0504. The summed E-state index contributed by atoms with van der Waals surface area (Å²) in [6.45, 7) is 4.03. The Kier molecular flexibility index (Phi) is 3.92. The fourth-order valence-corrected chi connectivity index (χ4v) is 3.66. The molecular weight excluding hydrogens is 270 g/mol. The fourth-order valence-electron chi connectivity index (χ4n) is 3.66. The van der Waals surface area contributed by atoms with E-state index < -0.39 is 5.54 Å². The molecule has 3 rings (SSSR count). The predicted octanol–water partition coefficient (Wildman–Crippen LogP) is 0.901. The van der Waals surface area contributed by atoms with E-state index in [2.05, 4.69) is 17.1 Å². The van der Waals surface area contributed by atoms with Crippen molar-refractivity contribution in [3.05, 3.63) is 0 Å². The van der Waals surface area contributed by atoms with Gasteiger partial charge in [0, 0.05) is 13.1 Å². The van der Waals surface area contributed by atoms with E-state index in [1.807, 2.05) is 0 Å². The zero-order valence-corrected chi connectivity index (χ0v) is 12.7. The van der Waals surface area contributed by atoms with Crippen LogP contribution in [0.15, 0.2) is 0 Å². The molecule has 21 heavy (non-hydrogen) atoms. The Balaban J connectivity index is 1.64. The second-order valence-electron chi connectivity index (χ2n) is 6.92.